The third-order valence-corrected chi connectivity index (χ3v) is 6.30. The van der Waals surface area contributed by atoms with Gasteiger partial charge in [-0.2, -0.15) is 5.10 Å². The van der Waals surface area contributed by atoms with Gasteiger partial charge in [-0.25, -0.2) is 4.68 Å². The number of nitro groups is 1. The Kier molecular flexibility index (Phi) is 5.79. The van der Waals surface area contributed by atoms with Crippen molar-refractivity contribution < 1.29 is 9.72 Å². The summed E-state index contributed by atoms with van der Waals surface area (Å²) in [6, 6.07) is 12.5. The summed E-state index contributed by atoms with van der Waals surface area (Å²) in [5, 5.41) is 19.0. The van der Waals surface area contributed by atoms with E-state index in [9.17, 15) is 19.7 Å². The number of halogens is 1. The number of benzene rings is 2. The second-order valence-corrected chi connectivity index (χ2v) is 8.57. The lowest BCUT2D eigenvalue weighted by molar-refractivity contribution is -0.384. The van der Waals surface area contributed by atoms with Crippen molar-refractivity contribution in [1.29, 1.82) is 0 Å². The molecule has 0 saturated heterocycles. The molecule has 0 spiro atoms. The lowest BCUT2D eigenvalue weighted by Crippen LogP contribution is -2.35. The molecule has 1 aliphatic heterocycles. The second kappa shape index (κ2) is 8.52. The summed E-state index contributed by atoms with van der Waals surface area (Å²) < 4.78 is 1.25. The van der Waals surface area contributed by atoms with Crippen molar-refractivity contribution in [3.05, 3.63) is 90.8 Å². The monoisotopic (exact) mass is 456 g/mol. The first-order chi connectivity index (χ1) is 14.8. The molecule has 0 radical (unpaired) electrons. The number of aryl methyl sites for hydroxylation is 1. The van der Waals surface area contributed by atoms with Crippen molar-refractivity contribution in [2.45, 2.75) is 24.3 Å². The molecule has 0 fully saturated rings. The first-order valence-corrected chi connectivity index (χ1v) is 10.8. The summed E-state index contributed by atoms with van der Waals surface area (Å²) >= 11 is 7.80. The van der Waals surface area contributed by atoms with E-state index in [1.807, 2.05) is 12.1 Å². The van der Waals surface area contributed by atoms with E-state index in [1.165, 1.54) is 28.9 Å². The lowest BCUT2D eigenvalue weighted by atomic mass is 10.0. The number of hydrogen-bond donors (Lipinski definition) is 1. The number of hydrogen-bond acceptors (Lipinski definition) is 6. The van der Waals surface area contributed by atoms with Gasteiger partial charge < -0.3 is 5.32 Å². The minimum Gasteiger partial charge on any atom is -0.344 e. The highest BCUT2D eigenvalue weighted by Gasteiger charge is 2.26. The van der Waals surface area contributed by atoms with E-state index >= 15 is 0 Å². The molecule has 10 heteroatoms. The summed E-state index contributed by atoms with van der Waals surface area (Å²) in [7, 11) is 0. The molecule has 4 rings (SSSR count). The maximum Gasteiger partial charge on any atom is 0.294 e. The minimum atomic E-state index is -0.639. The Hall–Kier alpha value is -3.17. The van der Waals surface area contributed by atoms with E-state index in [4.69, 9.17) is 11.6 Å². The molecule has 1 atom stereocenters. The summed E-state index contributed by atoms with van der Waals surface area (Å²) in [6.45, 7) is 1.60. The third kappa shape index (κ3) is 4.19. The number of thioether (sulfide) groups is 1. The van der Waals surface area contributed by atoms with Gasteiger partial charge in [0.2, 0.25) is 5.43 Å². The number of nitrogens with zero attached hydrogens (tertiary/aromatic N) is 3. The fraction of sp³-hybridized carbons (Fsp3) is 0.190. The predicted octanol–water partition coefficient (Wildman–Crippen LogP) is 4.07. The molecule has 1 aromatic heterocycles. The van der Waals surface area contributed by atoms with Crippen LogP contribution in [0.25, 0.3) is 5.69 Å². The van der Waals surface area contributed by atoms with Gasteiger partial charge in [0, 0.05) is 33.5 Å². The summed E-state index contributed by atoms with van der Waals surface area (Å²) in [4.78, 5) is 37.4. The molecule has 3 aromatic rings. The van der Waals surface area contributed by atoms with Crippen LogP contribution in [0.15, 0.2) is 58.2 Å². The summed E-state index contributed by atoms with van der Waals surface area (Å²) in [5.41, 5.74) is 0.378. The highest BCUT2D eigenvalue weighted by molar-refractivity contribution is 7.99. The first-order valence-electron chi connectivity index (χ1n) is 9.43. The number of fused-ring (bicyclic) bond motifs is 1. The summed E-state index contributed by atoms with van der Waals surface area (Å²) in [6.07, 6.45) is 0.675. The molecule has 0 bridgehead atoms. The quantitative estimate of drug-likeness (QED) is 0.468. The van der Waals surface area contributed by atoms with Gasteiger partial charge in [0.25, 0.3) is 11.6 Å². The zero-order valence-corrected chi connectivity index (χ0v) is 17.9. The van der Waals surface area contributed by atoms with E-state index in [2.05, 4.69) is 10.4 Å². The lowest BCUT2D eigenvalue weighted by Gasteiger charge is -2.26. The van der Waals surface area contributed by atoms with Gasteiger partial charge in [-0.3, -0.25) is 19.7 Å². The van der Waals surface area contributed by atoms with Crippen molar-refractivity contribution >= 4 is 35.0 Å². The van der Waals surface area contributed by atoms with E-state index in [0.29, 0.717) is 17.1 Å². The van der Waals surface area contributed by atoms with Crippen molar-refractivity contribution in [1.82, 2.24) is 15.1 Å². The van der Waals surface area contributed by atoms with Gasteiger partial charge >= 0.3 is 0 Å². The number of carbonyl (C=O) groups is 1. The SMILES string of the molecule is Cc1cc(=O)c(C(=O)N[C@H]2CCSc3ccc(Cl)cc32)nn1-c1ccccc1[N+](=O)[O-]. The highest BCUT2D eigenvalue weighted by Crippen LogP contribution is 2.37. The normalized spacial score (nSPS) is 15.2. The zero-order chi connectivity index (χ0) is 22.1. The van der Waals surface area contributed by atoms with Crippen molar-refractivity contribution in [2.24, 2.45) is 0 Å². The van der Waals surface area contributed by atoms with Gasteiger partial charge in [-0.1, -0.05) is 23.7 Å². The van der Waals surface area contributed by atoms with Crippen LogP contribution in [0.1, 0.15) is 34.2 Å². The molecule has 0 saturated carbocycles. The Balaban J connectivity index is 1.71. The number of para-hydroxylation sites is 2. The average Bonchev–Trinajstić information content (AvgIpc) is 2.74. The highest BCUT2D eigenvalue weighted by atomic mass is 35.5. The standard InChI is InChI=1S/C21H17ClN4O4S/c1-12-10-18(27)20(24-25(12)16-4-2-3-5-17(16)26(29)30)21(28)23-15-8-9-31-19-7-6-13(22)11-14(15)19/h2-7,10-11,15H,8-9H2,1H3,(H,23,28)/t15-/m0/s1. The average molecular weight is 457 g/mol. The predicted molar refractivity (Wildman–Crippen MR) is 118 cm³/mol. The topological polar surface area (TPSA) is 107 Å². The molecule has 1 N–H and O–H groups in total. The Labute approximate surface area is 186 Å². The third-order valence-electron chi connectivity index (χ3n) is 4.95. The van der Waals surface area contributed by atoms with E-state index < -0.39 is 16.3 Å². The smallest absolute Gasteiger partial charge is 0.294 e. The van der Waals surface area contributed by atoms with Gasteiger partial charge in [0.05, 0.1) is 11.0 Å². The molecular weight excluding hydrogens is 440 g/mol. The van der Waals surface area contributed by atoms with Crippen molar-refractivity contribution in [3.8, 4) is 5.69 Å². The number of amides is 1. The fourth-order valence-electron chi connectivity index (χ4n) is 3.49. The number of carbonyl (C=O) groups excluding carboxylic acids is 1. The second-order valence-electron chi connectivity index (χ2n) is 7.00. The van der Waals surface area contributed by atoms with Gasteiger partial charge in [0.15, 0.2) is 5.69 Å². The Morgan fingerprint density at radius 3 is 2.84 bits per heavy atom. The van der Waals surface area contributed by atoms with Crippen LogP contribution < -0.4 is 10.7 Å². The van der Waals surface area contributed by atoms with Gasteiger partial charge in [-0.05, 0) is 43.2 Å². The van der Waals surface area contributed by atoms with E-state index in [0.717, 1.165) is 16.2 Å². The number of nitro benzene ring substituents is 1. The van der Waals surface area contributed by atoms with Gasteiger partial charge in [-0.15, -0.1) is 11.8 Å². The van der Waals surface area contributed by atoms with Crippen molar-refractivity contribution in [3.63, 3.8) is 0 Å². The van der Waals surface area contributed by atoms with Crippen LogP contribution in [0.2, 0.25) is 5.02 Å². The van der Waals surface area contributed by atoms with Crippen LogP contribution >= 0.6 is 23.4 Å². The Morgan fingerprint density at radius 2 is 2.06 bits per heavy atom. The Bertz CT molecular complexity index is 1260. The van der Waals surface area contributed by atoms with Crippen LogP contribution in [-0.4, -0.2) is 26.4 Å². The van der Waals surface area contributed by atoms with Crippen molar-refractivity contribution in [2.75, 3.05) is 5.75 Å². The molecule has 1 aliphatic rings. The Morgan fingerprint density at radius 1 is 1.29 bits per heavy atom. The molecule has 31 heavy (non-hydrogen) atoms. The number of rotatable bonds is 4. The minimum absolute atomic E-state index is 0.172. The molecule has 2 aromatic carbocycles. The largest absolute Gasteiger partial charge is 0.344 e. The first kappa shape index (κ1) is 21.1. The molecular formula is C21H17ClN4O4S. The maximum absolute atomic E-state index is 13.0. The summed E-state index contributed by atoms with van der Waals surface area (Å²) in [5.74, 6) is 0.168. The van der Waals surface area contributed by atoms with Gasteiger partial charge in [0.1, 0.15) is 5.69 Å². The molecule has 0 unspecified atom stereocenters. The molecule has 1 amide bonds. The molecule has 0 aliphatic carbocycles. The van der Waals surface area contributed by atoms with Crippen LogP contribution in [0.3, 0.4) is 0 Å². The van der Waals surface area contributed by atoms with Crippen LogP contribution in [-0.2, 0) is 0 Å². The van der Waals surface area contributed by atoms with Crippen LogP contribution in [0, 0.1) is 17.0 Å². The van der Waals surface area contributed by atoms with E-state index in [1.54, 1.807) is 30.8 Å². The van der Waals surface area contributed by atoms with Crippen LogP contribution in [0.5, 0.6) is 0 Å². The number of nitrogens with one attached hydrogen (secondary N) is 1. The maximum atomic E-state index is 13.0. The number of aromatic nitrogens is 2. The molecule has 8 nitrogen and oxygen atoms in total. The molecule has 2 heterocycles. The van der Waals surface area contributed by atoms with E-state index in [-0.39, 0.29) is 23.1 Å². The fourth-order valence-corrected chi connectivity index (χ4v) is 4.77. The van der Waals surface area contributed by atoms with Crippen LogP contribution in [0.4, 0.5) is 5.69 Å². The zero-order valence-electron chi connectivity index (χ0n) is 16.4. The molecule has 158 valence electrons.